The molecule has 0 spiro atoms. The van der Waals surface area contributed by atoms with Crippen molar-refractivity contribution >= 4 is 22.7 Å². The van der Waals surface area contributed by atoms with Gasteiger partial charge in [-0.3, -0.25) is 0 Å². The summed E-state index contributed by atoms with van der Waals surface area (Å²) in [4.78, 5) is 22.2. The summed E-state index contributed by atoms with van der Waals surface area (Å²) in [5, 5.41) is 19.7. The van der Waals surface area contributed by atoms with Gasteiger partial charge in [0.15, 0.2) is 0 Å². The zero-order chi connectivity index (χ0) is 14.2. The Hall–Kier alpha value is -2.30. The second kappa shape index (κ2) is 4.76. The van der Waals surface area contributed by atoms with Crippen molar-refractivity contribution < 1.29 is 19.8 Å². The van der Waals surface area contributed by atoms with Crippen LogP contribution in [-0.2, 0) is 4.79 Å². The smallest absolute Gasteiger partial charge is 0.335 e. The number of hydrogen-bond acceptors (Lipinski definition) is 2. The van der Waals surface area contributed by atoms with Crippen molar-refractivity contribution in [3.8, 4) is 0 Å². The lowest BCUT2D eigenvalue weighted by Crippen LogP contribution is -2.22. The minimum absolute atomic E-state index is 0.0572. The summed E-state index contributed by atoms with van der Waals surface area (Å²) in [5.74, 6) is -1.94. The third-order valence-corrected chi connectivity index (χ3v) is 3.12. The lowest BCUT2D eigenvalue weighted by molar-refractivity contribution is -0.142. The first-order valence-corrected chi connectivity index (χ1v) is 5.97. The van der Waals surface area contributed by atoms with Crippen LogP contribution in [0.1, 0.15) is 30.2 Å². The topological polar surface area (TPSA) is 79.5 Å². The van der Waals surface area contributed by atoms with Crippen molar-refractivity contribution in [1.82, 2.24) is 4.57 Å². The highest BCUT2D eigenvalue weighted by Crippen LogP contribution is 2.24. The van der Waals surface area contributed by atoms with Crippen LogP contribution in [0.25, 0.3) is 10.8 Å². The van der Waals surface area contributed by atoms with Crippen molar-refractivity contribution in [1.29, 1.82) is 0 Å². The Balaban J connectivity index is 2.51. The van der Waals surface area contributed by atoms with E-state index in [-0.39, 0.29) is 11.5 Å². The number of fused-ring (bicyclic) bond motifs is 1. The highest BCUT2D eigenvalue weighted by molar-refractivity contribution is 5.94. The summed E-state index contributed by atoms with van der Waals surface area (Å²) in [6.07, 6.45) is 3.42. The molecule has 1 heterocycles. The first-order chi connectivity index (χ1) is 8.90. The monoisotopic (exact) mass is 261 g/mol. The van der Waals surface area contributed by atoms with Gasteiger partial charge < -0.3 is 14.8 Å². The molecule has 0 saturated heterocycles. The predicted octanol–water partition coefficient (Wildman–Crippen LogP) is 2.62. The van der Waals surface area contributed by atoms with Crippen molar-refractivity contribution in [2.45, 2.75) is 19.9 Å². The quantitative estimate of drug-likeness (QED) is 0.886. The molecule has 0 radical (unpaired) electrons. The van der Waals surface area contributed by atoms with Crippen molar-refractivity contribution in [2.75, 3.05) is 0 Å². The van der Waals surface area contributed by atoms with Crippen LogP contribution in [0.2, 0.25) is 0 Å². The van der Waals surface area contributed by atoms with Crippen LogP contribution in [0.4, 0.5) is 0 Å². The Morgan fingerprint density at radius 2 is 1.74 bits per heavy atom. The van der Waals surface area contributed by atoms with E-state index in [0.29, 0.717) is 0 Å². The van der Waals surface area contributed by atoms with Gasteiger partial charge in [-0.05, 0) is 23.4 Å². The number of rotatable bonds is 4. The fraction of sp³-hybridized carbons (Fsp3) is 0.286. The van der Waals surface area contributed by atoms with Gasteiger partial charge in [-0.2, -0.15) is 0 Å². The van der Waals surface area contributed by atoms with Crippen LogP contribution in [0.3, 0.4) is 0 Å². The van der Waals surface area contributed by atoms with Gasteiger partial charge in [0, 0.05) is 17.8 Å². The van der Waals surface area contributed by atoms with E-state index >= 15 is 0 Å². The van der Waals surface area contributed by atoms with Gasteiger partial charge in [-0.15, -0.1) is 0 Å². The first-order valence-electron chi connectivity index (χ1n) is 5.97. The zero-order valence-corrected chi connectivity index (χ0v) is 10.7. The number of aliphatic carboxylic acids is 1. The van der Waals surface area contributed by atoms with Crippen LogP contribution >= 0.6 is 0 Å². The molecule has 2 N–H and O–H groups in total. The predicted molar refractivity (Wildman–Crippen MR) is 70.4 cm³/mol. The minimum Gasteiger partial charge on any atom is -0.480 e. The maximum absolute atomic E-state index is 11.3. The Bertz CT molecular complexity index is 642. The molecule has 1 aromatic heterocycles. The van der Waals surface area contributed by atoms with E-state index in [9.17, 15) is 14.7 Å². The van der Waals surface area contributed by atoms with E-state index in [2.05, 4.69) is 0 Å². The maximum Gasteiger partial charge on any atom is 0.335 e. The fourth-order valence-corrected chi connectivity index (χ4v) is 2.21. The number of carboxylic acids is 2. The molecule has 5 nitrogen and oxygen atoms in total. The summed E-state index contributed by atoms with van der Waals surface area (Å²) in [6, 6.07) is 4.10. The second-order valence-electron chi connectivity index (χ2n) is 4.88. The Morgan fingerprint density at radius 3 is 2.26 bits per heavy atom. The summed E-state index contributed by atoms with van der Waals surface area (Å²) < 4.78 is 1.63. The number of aromatic carboxylic acids is 1. The number of carbonyl (C=O) groups is 2. The number of hydrogen-bond donors (Lipinski definition) is 2. The Labute approximate surface area is 110 Å². The molecule has 0 saturated carbocycles. The molecule has 1 aromatic carbocycles. The maximum atomic E-state index is 11.3. The van der Waals surface area contributed by atoms with Crippen LogP contribution in [0.5, 0.6) is 0 Å². The molecule has 2 rings (SSSR count). The molecule has 0 aliphatic carbocycles. The average Bonchev–Trinajstić information content (AvgIpc) is 2.69. The molecule has 0 aliphatic rings. The zero-order valence-electron chi connectivity index (χ0n) is 10.7. The van der Waals surface area contributed by atoms with Gasteiger partial charge >= 0.3 is 11.9 Å². The number of carboxylic acid groups (broad SMARTS) is 2. The SMILES string of the molecule is CC(C)C(C(=O)O)n1cc2ccc(C(=O)O)cc2c1. The molecule has 0 amide bonds. The fourth-order valence-electron chi connectivity index (χ4n) is 2.21. The lowest BCUT2D eigenvalue weighted by Gasteiger charge is -2.17. The standard InChI is InChI=1S/C14H15NO4/c1-8(2)12(14(18)19)15-6-10-4-3-9(13(16)17)5-11(10)7-15/h3-8,12H,1-2H3,(H,16,17)(H,18,19). The second-order valence-corrected chi connectivity index (χ2v) is 4.88. The van der Waals surface area contributed by atoms with Crippen LogP contribution in [0, 0.1) is 5.92 Å². The van der Waals surface area contributed by atoms with Gasteiger partial charge in [0.2, 0.25) is 0 Å². The Morgan fingerprint density at radius 1 is 1.11 bits per heavy atom. The van der Waals surface area contributed by atoms with E-state index in [1.54, 1.807) is 29.1 Å². The summed E-state index contributed by atoms with van der Waals surface area (Å²) >= 11 is 0. The average molecular weight is 261 g/mol. The van der Waals surface area contributed by atoms with Crippen molar-refractivity contribution in [2.24, 2.45) is 5.92 Å². The molecular formula is C14H15NO4. The largest absolute Gasteiger partial charge is 0.480 e. The highest BCUT2D eigenvalue weighted by Gasteiger charge is 2.23. The molecule has 2 aromatic rings. The molecule has 1 atom stereocenters. The van der Waals surface area contributed by atoms with E-state index in [1.807, 2.05) is 13.8 Å². The molecule has 0 fully saturated rings. The summed E-state index contributed by atoms with van der Waals surface area (Å²) in [6.45, 7) is 3.68. The van der Waals surface area contributed by atoms with Gasteiger partial charge in [0.25, 0.3) is 0 Å². The summed E-state index contributed by atoms with van der Waals surface area (Å²) in [7, 11) is 0. The third-order valence-electron chi connectivity index (χ3n) is 3.12. The summed E-state index contributed by atoms with van der Waals surface area (Å²) in [5.41, 5.74) is 0.196. The van der Waals surface area contributed by atoms with E-state index in [0.717, 1.165) is 10.8 Å². The molecule has 0 aliphatic heterocycles. The van der Waals surface area contributed by atoms with Crippen LogP contribution in [-0.4, -0.2) is 26.7 Å². The molecule has 5 heteroatoms. The molecule has 0 bridgehead atoms. The number of aromatic nitrogens is 1. The van der Waals surface area contributed by atoms with Crippen LogP contribution < -0.4 is 0 Å². The normalized spacial score (nSPS) is 12.8. The molecule has 19 heavy (non-hydrogen) atoms. The molecular weight excluding hydrogens is 246 g/mol. The number of benzene rings is 1. The third kappa shape index (κ3) is 2.45. The van der Waals surface area contributed by atoms with Gasteiger partial charge in [0.1, 0.15) is 6.04 Å². The van der Waals surface area contributed by atoms with Crippen molar-refractivity contribution in [3.63, 3.8) is 0 Å². The van der Waals surface area contributed by atoms with Gasteiger partial charge in [-0.25, -0.2) is 9.59 Å². The molecule has 100 valence electrons. The van der Waals surface area contributed by atoms with E-state index in [4.69, 9.17) is 5.11 Å². The van der Waals surface area contributed by atoms with Crippen molar-refractivity contribution in [3.05, 3.63) is 36.2 Å². The molecule has 1 unspecified atom stereocenters. The number of nitrogens with zero attached hydrogens (tertiary/aromatic N) is 1. The van der Waals surface area contributed by atoms with E-state index < -0.39 is 18.0 Å². The van der Waals surface area contributed by atoms with Gasteiger partial charge in [-0.1, -0.05) is 19.9 Å². The lowest BCUT2D eigenvalue weighted by atomic mass is 10.1. The van der Waals surface area contributed by atoms with E-state index in [1.165, 1.54) is 6.07 Å². The Kier molecular flexibility index (Phi) is 3.29. The van der Waals surface area contributed by atoms with Crippen LogP contribution in [0.15, 0.2) is 30.6 Å². The first kappa shape index (κ1) is 13.1. The van der Waals surface area contributed by atoms with Gasteiger partial charge in [0.05, 0.1) is 5.56 Å². The minimum atomic E-state index is -0.992. The highest BCUT2D eigenvalue weighted by atomic mass is 16.4.